The molecular weight excluding hydrogens is 380 g/mol. The monoisotopic (exact) mass is 398 g/mol. The van der Waals surface area contributed by atoms with Crippen molar-refractivity contribution in [2.24, 2.45) is 4.99 Å². The van der Waals surface area contributed by atoms with E-state index in [-0.39, 0.29) is 24.1 Å². The van der Waals surface area contributed by atoms with Crippen molar-refractivity contribution in [2.75, 3.05) is 5.32 Å². The highest BCUT2D eigenvalue weighted by atomic mass is 16.4. The predicted octanol–water partition coefficient (Wildman–Crippen LogP) is 4.04. The van der Waals surface area contributed by atoms with Crippen molar-refractivity contribution in [3.63, 3.8) is 0 Å². The zero-order chi connectivity index (χ0) is 20.5. The highest BCUT2D eigenvalue weighted by Crippen LogP contribution is 2.25. The number of benzene rings is 2. The van der Waals surface area contributed by atoms with E-state index in [0.29, 0.717) is 5.76 Å². The zero-order valence-corrected chi connectivity index (χ0v) is 16.2. The van der Waals surface area contributed by atoms with Crippen LogP contribution in [0.15, 0.2) is 80.6 Å². The lowest BCUT2D eigenvalue weighted by atomic mass is 9.96. The maximum absolute atomic E-state index is 13.0. The maximum atomic E-state index is 13.0. The fraction of sp³-hybridized carbons (Fsp3) is 0.130. The largest absolute Gasteiger partial charge is 0.456 e. The van der Waals surface area contributed by atoms with Gasteiger partial charge in [-0.2, -0.15) is 0 Å². The Morgan fingerprint density at radius 1 is 0.933 bits per heavy atom. The van der Waals surface area contributed by atoms with Crippen molar-refractivity contribution >= 4 is 17.5 Å². The molecule has 1 aliphatic rings. The van der Waals surface area contributed by atoms with Crippen LogP contribution < -0.4 is 5.32 Å². The molecule has 148 valence electrons. The second kappa shape index (κ2) is 7.44. The second-order valence-corrected chi connectivity index (χ2v) is 7.01. The smallest absolute Gasteiger partial charge is 0.317 e. The predicted molar refractivity (Wildman–Crippen MR) is 111 cm³/mol. The maximum Gasteiger partial charge on any atom is 0.317 e. The van der Waals surface area contributed by atoms with Crippen molar-refractivity contribution in [1.82, 2.24) is 10.2 Å². The number of carbonyl (C=O) groups is 1. The SMILES string of the molecule is Cc1ccc(-c2nnc(NC3N=C(c4ccccc4)c4ccccc4CC3=O)o2)o1. The number of hydrogen-bond donors (Lipinski definition) is 1. The van der Waals surface area contributed by atoms with Gasteiger partial charge in [0.15, 0.2) is 17.7 Å². The third-order valence-electron chi connectivity index (χ3n) is 4.88. The molecule has 1 N–H and O–H groups in total. The Hall–Kier alpha value is -4.00. The Labute approximate surface area is 172 Å². The zero-order valence-electron chi connectivity index (χ0n) is 16.2. The summed E-state index contributed by atoms with van der Waals surface area (Å²) in [5.74, 6) is 1.37. The fourth-order valence-corrected chi connectivity index (χ4v) is 3.45. The number of Topliss-reactive ketones (excluding diaryl/α,β-unsaturated/α-hetero) is 1. The number of nitrogens with zero attached hydrogens (tertiary/aromatic N) is 3. The summed E-state index contributed by atoms with van der Waals surface area (Å²) in [6.45, 7) is 1.83. The minimum atomic E-state index is -0.848. The van der Waals surface area contributed by atoms with Crippen molar-refractivity contribution in [3.8, 4) is 11.7 Å². The number of aryl methyl sites for hydroxylation is 1. The molecule has 3 heterocycles. The van der Waals surface area contributed by atoms with Crippen LogP contribution in [0.3, 0.4) is 0 Å². The topological polar surface area (TPSA) is 93.5 Å². The molecule has 7 heteroatoms. The summed E-state index contributed by atoms with van der Waals surface area (Å²) in [7, 11) is 0. The number of nitrogens with one attached hydrogen (secondary N) is 1. The second-order valence-electron chi connectivity index (χ2n) is 7.01. The molecule has 1 aliphatic heterocycles. The van der Waals surface area contributed by atoms with Crippen LogP contribution in [0.5, 0.6) is 0 Å². The third-order valence-corrected chi connectivity index (χ3v) is 4.88. The summed E-state index contributed by atoms with van der Waals surface area (Å²) in [5, 5.41) is 11.0. The standard InChI is InChI=1S/C23H18N4O3/c1-14-11-12-19(29-14)22-26-27-23(30-22)25-21-18(28)13-16-9-5-6-10-17(16)20(24-21)15-7-3-2-4-8-15/h2-12,21H,13H2,1H3,(H,25,27). The summed E-state index contributed by atoms with van der Waals surface area (Å²) >= 11 is 0. The third kappa shape index (κ3) is 3.41. The minimum Gasteiger partial charge on any atom is -0.456 e. The van der Waals surface area contributed by atoms with Crippen LogP contribution in [0, 0.1) is 6.92 Å². The van der Waals surface area contributed by atoms with Gasteiger partial charge in [-0.3, -0.25) is 9.79 Å². The first-order valence-electron chi connectivity index (χ1n) is 9.58. The molecule has 0 amide bonds. The molecule has 0 fully saturated rings. The van der Waals surface area contributed by atoms with Gasteiger partial charge in [-0.25, -0.2) is 0 Å². The van der Waals surface area contributed by atoms with E-state index >= 15 is 0 Å². The van der Waals surface area contributed by atoms with Crippen molar-refractivity contribution in [3.05, 3.63) is 89.2 Å². The lowest BCUT2D eigenvalue weighted by Gasteiger charge is -2.11. The molecule has 1 atom stereocenters. The Bertz CT molecular complexity index is 1240. The first-order chi connectivity index (χ1) is 14.7. The number of hydrogen-bond acceptors (Lipinski definition) is 7. The van der Waals surface area contributed by atoms with E-state index in [2.05, 4.69) is 15.5 Å². The average molecular weight is 398 g/mol. The van der Waals surface area contributed by atoms with Crippen LogP contribution in [0.25, 0.3) is 11.7 Å². The molecule has 7 nitrogen and oxygen atoms in total. The van der Waals surface area contributed by atoms with E-state index < -0.39 is 6.17 Å². The molecule has 0 bridgehead atoms. The van der Waals surface area contributed by atoms with Crippen LogP contribution in [-0.2, 0) is 11.2 Å². The molecular formula is C23H18N4O3. The van der Waals surface area contributed by atoms with Gasteiger partial charge in [0.1, 0.15) is 5.76 Å². The van der Waals surface area contributed by atoms with E-state index in [9.17, 15) is 4.79 Å². The number of aliphatic imine (C=N–C) groups is 1. The fourth-order valence-electron chi connectivity index (χ4n) is 3.45. The van der Waals surface area contributed by atoms with Crippen LogP contribution >= 0.6 is 0 Å². The summed E-state index contributed by atoms with van der Waals surface area (Å²) in [5.41, 5.74) is 3.56. The number of anilines is 1. The Kier molecular flexibility index (Phi) is 4.48. The van der Waals surface area contributed by atoms with Crippen LogP contribution in [0.4, 0.5) is 6.01 Å². The number of fused-ring (bicyclic) bond motifs is 1. The summed E-state index contributed by atoms with van der Waals surface area (Å²) in [4.78, 5) is 17.7. The molecule has 0 radical (unpaired) electrons. The van der Waals surface area contributed by atoms with E-state index in [1.807, 2.05) is 67.6 Å². The molecule has 0 aliphatic carbocycles. The Morgan fingerprint density at radius 3 is 2.53 bits per heavy atom. The summed E-state index contributed by atoms with van der Waals surface area (Å²) in [6.07, 6.45) is -0.592. The quantitative estimate of drug-likeness (QED) is 0.558. The minimum absolute atomic E-state index is 0.0815. The van der Waals surface area contributed by atoms with Crippen molar-refractivity contribution in [2.45, 2.75) is 19.5 Å². The first-order valence-corrected chi connectivity index (χ1v) is 9.58. The van der Waals surface area contributed by atoms with Crippen LogP contribution in [0.1, 0.15) is 22.5 Å². The Morgan fingerprint density at radius 2 is 1.73 bits per heavy atom. The lowest BCUT2D eigenvalue weighted by Crippen LogP contribution is -2.29. The van der Waals surface area contributed by atoms with E-state index in [1.54, 1.807) is 6.07 Å². The number of ketones is 1. The van der Waals surface area contributed by atoms with Gasteiger partial charge in [0.05, 0.1) is 5.71 Å². The average Bonchev–Trinajstić information content (AvgIpc) is 3.38. The number of carbonyl (C=O) groups excluding carboxylic acids is 1. The van der Waals surface area contributed by atoms with Gasteiger partial charge in [0.25, 0.3) is 5.89 Å². The van der Waals surface area contributed by atoms with E-state index in [4.69, 9.17) is 13.8 Å². The molecule has 1 unspecified atom stereocenters. The van der Waals surface area contributed by atoms with Gasteiger partial charge in [-0.1, -0.05) is 59.7 Å². The van der Waals surface area contributed by atoms with Gasteiger partial charge in [0.2, 0.25) is 0 Å². The molecule has 2 aromatic heterocycles. The number of furan rings is 1. The first kappa shape index (κ1) is 18.1. The lowest BCUT2D eigenvalue weighted by molar-refractivity contribution is -0.119. The summed E-state index contributed by atoms with van der Waals surface area (Å²) in [6, 6.07) is 21.3. The molecule has 5 rings (SSSR count). The molecule has 4 aromatic rings. The molecule has 30 heavy (non-hydrogen) atoms. The van der Waals surface area contributed by atoms with Gasteiger partial charge in [-0.15, -0.1) is 5.10 Å². The number of rotatable bonds is 4. The molecule has 0 saturated carbocycles. The van der Waals surface area contributed by atoms with E-state index in [1.165, 1.54) is 0 Å². The molecule has 0 spiro atoms. The normalized spacial score (nSPS) is 16.0. The van der Waals surface area contributed by atoms with Crippen LogP contribution in [0.2, 0.25) is 0 Å². The van der Waals surface area contributed by atoms with Gasteiger partial charge in [0, 0.05) is 17.5 Å². The van der Waals surface area contributed by atoms with Crippen molar-refractivity contribution in [1.29, 1.82) is 0 Å². The highest BCUT2D eigenvalue weighted by molar-refractivity contribution is 6.16. The number of aromatic nitrogens is 2. The van der Waals surface area contributed by atoms with Gasteiger partial charge in [-0.05, 0) is 24.6 Å². The van der Waals surface area contributed by atoms with Gasteiger partial charge < -0.3 is 14.2 Å². The van der Waals surface area contributed by atoms with Crippen LogP contribution in [-0.4, -0.2) is 27.9 Å². The summed E-state index contributed by atoms with van der Waals surface area (Å²) < 4.78 is 11.2. The Balaban J connectivity index is 1.51. The van der Waals surface area contributed by atoms with Crippen molar-refractivity contribution < 1.29 is 13.6 Å². The van der Waals surface area contributed by atoms with Gasteiger partial charge >= 0.3 is 6.01 Å². The molecule has 2 aromatic carbocycles. The van der Waals surface area contributed by atoms with E-state index in [0.717, 1.165) is 28.2 Å². The highest BCUT2D eigenvalue weighted by Gasteiger charge is 2.27. The molecule has 0 saturated heterocycles.